The van der Waals surface area contributed by atoms with E-state index in [4.69, 9.17) is 21.4 Å². The van der Waals surface area contributed by atoms with Crippen LogP contribution in [0.2, 0.25) is 5.02 Å². The number of ether oxygens (including phenoxy) is 1. The van der Waals surface area contributed by atoms with E-state index in [1.54, 1.807) is 48.5 Å². The molecule has 3 rings (SSSR count). The molecule has 156 valence electrons. The van der Waals surface area contributed by atoms with E-state index in [-0.39, 0.29) is 12.6 Å². The third-order valence-corrected chi connectivity index (χ3v) is 7.18. The van der Waals surface area contributed by atoms with Gasteiger partial charge in [0.05, 0.1) is 4.90 Å². The first kappa shape index (κ1) is 21.6. The van der Waals surface area contributed by atoms with Crippen molar-refractivity contribution >= 4 is 27.8 Å². The van der Waals surface area contributed by atoms with Gasteiger partial charge in [-0.1, -0.05) is 35.9 Å². The van der Waals surface area contributed by atoms with E-state index in [0.29, 0.717) is 36.1 Å². The summed E-state index contributed by atoms with van der Waals surface area (Å²) >= 11 is 6.11. The first-order chi connectivity index (χ1) is 13.8. The molecular formula is C20H23ClN2O5S. The topological polar surface area (TPSA) is 87.2 Å². The van der Waals surface area contributed by atoms with E-state index in [1.165, 1.54) is 4.31 Å². The molecule has 0 aromatic heterocycles. The number of sulfonamides is 1. The second kappa shape index (κ2) is 9.13. The van der Waals surface area contributed by atoms with E-state index in [1.807, 2.05) is 6.92 Å². The molecule has 1 aliphatic heterocycles. The minimum absolute atomic E-state index is 0.0558. The summed E-state index contributed by atoms with van der Waals surface area (Å²) < 4.78 is 32.1. The predicted octanol–water partition coefficient (Wildman–Crippen LogP) is 3.43. The average molecular weight is 439 g/mol. The molecule has 0 aliphatic carbocycles. The van der Waals surface area contributed by atoms with Crippen LogP contribution in [-0.4, -0.2) is 54.6 Å². The minimum atomic E-state index is -3.54. The quantitative estimate of drug-likeness (QED) is 0.695. The van der Waals surface area contributed by atoms with Gasteiger partial charge in [-0.15, -0.1) is 0 Å². The van der Waals surface area contributed by atoms with Crippen LogP contribution in [0.3, 0.4) is 0 Å². The van der Waals surface area contributed by atoms with Gasteiger partial charge in [-0.05, 0) is 42.3 Å². The minimum Gasteiger partial charge on any atom is -0.450 e. The maximum Gasteiger partial charge on any atom is 0.506 e. The zero-order chi connectivity index (χ0) is 21.0. The standard InChI is InChI=1S/C20H23ClN2O5S/c1-15-12-22(9-10-23(15)29(26,27)19-5-3-2-4-6-19)13-17-11-18(21)8-7-16(17)14-28-20(24)25/h2-8,11,15H,9-10,12-14H2,1H3,(H,24,25)/t15-/m1/s1. The summed E-state index contributed by atoms with van der Waals surface area (Å²) in [5.74, 6) is 0. The fraction of sp³-hybridized carbons (Fsp3) is 0.350. The Balaban J connectivity index is 1.71. The lowest BCUT2D eigenvalue weighted by molar-refractivity contribution is 0.0846. The first-order valence-electron chi connectivity index (χ1n) is 9.19. The summed E-state index contributed by atoms with van der Waals surface area (Å²) in [5.41, 5.74) is 1.61. The molecule has 9 heteroatoms. The van der Waals surface area contributed by atoms with Gasteiger partial charge in [0.1, 0.15) is 6.61 Å². The molecule has 0 amide bonds. The van der Waals surface area contributed by atoms with Crippen molar-refractivity contribution in [3.05, 3.63) is 64.7 Å². The fourth-order valence-corrected chi connectivity index (χ4v) is 5.34. The number of carbonyl (C=O) groups is 1. The maximum atomic E-state index is 12.9. The van der Waals surface area contributed by atoms with E-state index in [0.717, 1.165) is 11.1 Å². The Morgan fingerprint density at radius 3 is 2.55 bits per heavy atom. The molecule has 1 atom stereocenters. The molecule has 2 aromatic rings. The van der Waals surface area contributed by atoms with Crippen LogP contribution < -0.4 is 0 Å². The molecule has 1 heterocycles. The van der Waals surface area contributed by atoms with Gasteiger partial charge >= 0.3 is 6.16 Å². The lowest BCUT2D eigenvalue weighted by atomic mass is 10.1. The number of nitrogens with zero attached hydrogens (tertiary/aromatic N) is 2. The van der Waals surface area contributed by atoms with Crippen molar-refractivity contribution in [1.29, 1.82) is 0 Å². The van der Waals surface area contributed by atoms with E-state index < -0.39 is 16.2 Å². The highest BCUT2D eigenvalue weighted by Gasteiger charge is 2.33. The van der Waals surface area contributed by atoms with Crippen molar-refractivity contribution in [3.8, 4) is 0 Å². The van der Waals surface area contributed by atoms with Gasteiger partial charge in [0.25, 0.3) is 0 Å². The number of piperazine rings is 1. The summed E-state index contributed by atoms with van der Waals surface area (Å²) in [6.07, 6.45) is -1.33. The fourth-order valence-electron chi connectivity index (χ4n) is 3.51. The Bertz CT molecular complexity index is 968. The molecule has 0 saturated carbocycles. The van der Waals surface area contributed by atoms with Crippen LogP contribution in [0.1, 0.15) is 18.1 Å². The van der Waals surface area contributed by atoms with Crippen LogP contribution >= 0.6 is 11.6 Å². The zero-order valence-electron chi connectivity index (χ0n) is 16.0. The van der Waals surface area contributed by atoms with Crippen molar-refractivity contribution in [3.63, 3.8) is 0 Å². The summed E-state index contributed by atoms with van der Waals surface area (Å²) in [7, 11) is -3.54. The highest BCUT2D eigenvalue weighted by Crippen LogP contribution is 2.24. The predicted molar refractivity (Wildman–Crippen MR) is 109 cm³/mol. The number of benzene rings is 2. The normalized spacial score (nSPS) is 18.5. The zero-order valence-corrected chi connectivity index (χ0v) is 17.6. The monoisotopic (exact) mass is 438 g/mol. The van der Waals surface area contributed by atoms with E-state index in [9.17, 15) is 13.2 Å². The Kier molecular flexibility index (Phi) is 6.79. The molecule has 0 unspecified atom stereocenters. The van der Waals surface area contributed by atoms with Crippen LogP contribution in [0.15, 0.2) is 53.4 Å². The smallest absolute Gasteiger partial charge is 0.450 e. The van der Waals surface area contributed by atoms with Crippen LogP contribution in [-0.2, 0) is 27.9 Å². The average Bonchev–Trinajstić information content (AvgIpc) is 2.68. The van der Waals surface area contributed by atoms with E-state index >= 15 is 0 Å². The molecule has 0 bridgehead atoms. The van der Waals surface area contributed by atoms with Crippen LogP contribution in [0, 0.1) is 0 Å². The Labute approximate surface area is 175 Å². The van der Waals surface area contributed by atoms with E-state index in [2.05, 4.69) is 4.90 Å². The van der Waals surface area contributed by atoms with Gasteiger partial charge in [0.15, 0.2) is 0 Å². The molecule has 29 heavy (non-hydrogen) atoms. The summed E-state index contributed by atoms with van der Waals surface area (Å²) in [4.78, 5) is 13.1. The number of carboxylic acid groups (broad SMARTS) is 1. The van der Waals surface area contributed by atoms with Gasteiger partial charge in [-0.2, -0.15) is 4.31 Å². The molecule has 0 radical (unpaired) electrons. The molecule has 0 spiro atoms. The third kappa shape index (κ3) is 5.27. The number of halogens is 1. The highest BCUT2D eigenvalue weighted by atomic mass is 35.5. The largest absolute Gasteiger partial charge is 0.506 e. The number of hydrogen-bond acceptors (Lipinski definition) is 5. The van der Waals surface area contributed by atoms with Crippen molar-refractivity contribution in [2.45, 2.75) is 31.0 Å². The third-order valence-electron chi connectivity index (χ3n) is 4.91. The summed E-state index contributed by atoms with van der Waals surface area (Å²) in [6, 6.07) is 13.5. The van der Waals surface area contributed by atoms with Gasteiger partial charge in [0, 0.05) is 37.2 Å². The Hall–Kier alpha value is -2.13. The lowest BCUT2D eigenvalue weighted by Gasteiger charge is -2.39. The van der Waals surface area contributed by atoms with Gasteiger partial charge in [-0.25, -0.2) is 13.2 Å². The second-order valence-electron chi connectivity index (χ2n) is 6.98. The first-order valence-corrected chi connectivity index (χ1v) is 11.0. The van der Waals surface area contributed by atoms with Gasteiger partial charge in [-0.3, -0.25) is 4.90 Å². The Morgan fingerprint density at radius 2 is 1.90 bits per heavy atom. The van der Waals surface area contributed by atoms with Crippen LogP contribution in [0.25, 0.3) is 0 Å². The van der Waals surface area contributed by atoms with Crippen molar-refractivity contribution in [2.24, 2.45) is 0 Å². The second-order valence-corrected chi connectivity index (χ2v) is 9.31. The van der Waals surface area contributed by atoms with Gasteiger partial charge < -0.3 is 9.84 Å². The van der Waals surface area contributed by atoms with Crippen molar-refractivity contribution < 1.29 is 23.1 Å². The molecule has 2 aromatic carbocycles. The molecule has 1 N–H and O–H groups in total. The lowest BCUT2D eigenvalue weighted by Crippen LogP contribution is -2.53. The number of hydrogen-bond donors (Lipinski definition) is 1. The van der Waals surface area contributed by atoms with Crippen molar-refractivity contribution in [1.82, 2.24) is 9.21 Å². The molecule has 1 fully saturated rings. The van der Waals surface area contributed by atoms with Crippen LogP contribution in [0.5, 0.6) is 0 Å². The van der Waals surface area contributed by atoms with Gasteiger partial charge in [0.2, 0.25) is 10.0 Å². The molecular weight excluding hydrogens is 416 g/mol. The maximum absolute atomic E-state index is 12.9. The van der Waals surface area contributed by atoms with Crippen LogP contribution in [0.4, 0.5) is 4.79 Å². The SMILES string of the molecule is C[C@@H]1CN(Cc2cc(Cl)ccc2COC(=O)O)CCN1S(=O)(=O)c1ccccc1. The summed E-state index contributed by atoms with van der Waals surface area (Å²) in [5, 5.41) is 9.31. The summed E-state index contributed by atoms with van der Waals surface area (Å²) in [6.45, 7) is 3.85. The number of rotatable bonds is 6. The molecule has 1 saturated heterocycles. The Morgan fingerprint density at radius 1 is 1.17 bits per heavy atom. The molecule has 1 aliphatic rings. The molecule has 7 nitrogen and oxygen atoms in total. The highest BCUT2D eigenvalue weighted by molar-refractivity contribution is 7.89. The van der Waals surface area contributed by atoms with Crippen molar-refractivity contribution in [2.75, 3.05) is 19.6 Å².